The Morgan fingerprint density at radius 3 is 2.64 bits per heavy atom. The topological polar surface area (TPSA) is 38.1 Å². The van der Waals surface area contributed by atoms with Gasteiger partial charge in [0.25, 0.3) is 0 Å². The fourth-order valence-corrected chi connectivity index (χ4v) is 3.75. The van der Waals surface area contributed by atoms with E-state index in [4.69, 9.17) is 0 Å². The standard InChI is InChI=1S/C17H21N3OS/c1-2-20-15(14-8-4-3-5-9-14)12-18-17(20)22-13-16(21)19-10-6-7-11-19/h3-5,8-9,12H,2,6-7,10-11,13H2,1H3. The van der Waals surface area contributed by atoms with E-state index in [1.54, 1.807) is 11.8 Å². The van der Waals surface area contributed by atoms with Crippen LogP contribution in [0.3, 0.4) is 0 Å². The summed E-state index contributed by atoms with van der Waals surface area (Å²) >= 11 is 1.54. The highest BCUT2D eigenvalue weighted by Crippen LogP contribution is 2.26. The van der Waals surface area contributed by atoms with Gasteiger partial charge in [0.05, 0.1) is 17.6 Å². The molecule has 4 nitrogen and oxygen atoms in total. The molecule has 0 spiro atoms. The molecule has 5 heteroatoms. The maximum atomic E-state index is 12.2. The van der Waals surface area contributed by atoms with Crippen molar-refractivity contribution < 1.29 is 4.79 Å². The van der Waals surface area contributed by atoms with E-state index >= 15 is 0 Å². The Balaban J connectivity index is 1.72. The van der Waals surface area contributed by atoms with Crippen molar-refractivity contribution in [3.05, 3.63) is 36.5 Å². The Labute approximate surface area is 135 Å². The van der Waals surface area contributed by atoms with Gasteiger partial charge >= 0.3 is 0 Å². The van der Waals surface area contributed by atoms with Crippen molar-refractivity contribution >= 4 is 17.7 Å². The number of hydrogen-bond donors (Lipinski definition) is 0. The highest BCUT2D eigenvalue weighted by molar-refractivity contribution is 7.99. The van der Waals surface area contributed by atoms with Gasteiger partial charge in [-0.3, -0.25) is 4.79 Å². The van der Waals surface area contributed by atoms with Crippen LogP contribution < -0.4 is 0 Å². The molecule has 1 amide bonds. The van der Waals surface area contributed by atoms with Crippen LogP contribution >= 0.6 is 11.8 Å². The van der Waals surface area contributed by atoms with Gasteiger partial charge in [0.2, 0.25) is 5.91 Å². The zero-order valence-electron chi connectivity index (χ0n) is 12.9. The number of carbonyl (C=O) groups excluding carboxylic acids is 1. The fourth-order valence-electron chi connectivity index (χ4n) is 2.80. The van der Waals surface area contributed by atoms with E-state index in [1.165, 1.54) is 0 Å². The number of hydrogen-bond acceptors (Lipinski definition) is 3. The molecule has 2 aromatic rings. The minimum Gasteiger partial charge on any atom is -0.342 e. The number of amides is 1. The summed E-state index contributed by atoms with van der Waals surface area (Å²) in [4.78, 5) is 18.6. The van der Waals surface area contributed by atoms with E-state index in [2.05, 4.69) is 28.6 Å². The van der Waals surface area contributed by atoms with Crippen molar-refractivity contribution in [1.82, 2.24) is 14.5 Å². The Kier molecular flexibility index (Phi) is 4.83. The van der Waals surface area contributed by atoms with Crippen LogP contribution in [-0.2, 0) is 11.3 Å². The van der Waals surface area contributed by atoms with Crippen LogP contribution in [-0.4, -0.2) is 39.2 Å². The minimum absolute atomic E-state index is 0.231. The van der Waals surface area contributed by atoms with Gasteiger partial charge in [-0.05, 0) is 25.3 Å². The van der Waals surface area contributed by atoms with Crippen molar-refractivity contribution in [2.24, 2.45) is 0 Å². The van der Waals surface area contributed by atoms with Crippen LogP contribution in [0.1, 0.15) is 19.8 Å². The first-order valence-electron chi connectivity index (χ1n) is 7.81. The van der Waals surface area contributed by atoms with E-state index in [0.717, 1.165) is 48.9 Å². The first-order chi connectivity index (χ1) is 10.8. The number of likely N-dealkylation sites (tertiary alicyclic amines) is 1. The summed E-state index contributed by atoms with van der Waals surface area (Å²) in [7, 11) is 0. The molecule has 1 aliphatic heterocycles. The molecule has 0 saturated carbocycles. The highest BCUT2D eigenvalue weighted by Gasteiger charge is 2.19. The summed E-state index contributed by atoms with van der Waals surface area (Å²) in [6.07, 6.45) is 4.18. The number of imidazole rings is 1. The molecular weight excluding hydrogens is 294 g/mol. The van der Waals surface area contributed by atoms with E-state index < -0.39 is 0 Å². The number of nitrogens with zero attached hydrogens (tertiary/aromatic N) is 3. The molecule has 1 aromatic heterocycles. The van der Waals surface area contributed by atoms with Crippen molar-refractivity contribution in [3.63, 3.8) is 0 Å². The summed E-state index contributed by atoms with van der Waals surface area (Å²) in [5, 5.41) is 0.925. The van der Waals surface area contributed by atoms with Crippen LogP contribution in [0.25, 0.3) is 11.3 Å². The van der Waals surface area contributed by atoms with Gasteiger partial charge in [-0.25, -0.2) is 4.98 Å². The van der Waals surface area contributed by atoms with Crippen LogP contribution in [0.2, 0.25) is 0 Å². The molecule has 0 bridgehead atoms. The maximum absolute atomic E-state index is 12.2. The zero-order chi connectivity index (χ0) is 15.4. The van der Waals surface area contributed by atoms with Gasteiger partial charge in [-0.1, -0.05) is 42.1 Å². The summed E-state index contributed by atoms with van der Waals surface area (Å²) in [6, 6.07) is 10.3. The second-order valence-corrected chi connectivity index (χ2v) is 6.36. The van der Waals surface area contributed by atoms with Crippen LogP contribution in [0.5, 0.6) is 0 Å². The average molecular weight is 315 g/mol. The Morgan fingerprint density at radius 1 is 1.23 bits per heavy atom. The summed E-state index contributed by atoms with van der Waals surface area (Å²) in [6.45, 7) is 4.79. The predicted molar refractivity (Wildman–Crippen MR) is 89.9 cm³/mol. The number of thioether (sulfide) groups is 1. The molecule has 1 saturated heterocycles. The van der Waals surface area contributed by atoms with E-state index in [9.17, 15) is 4.79 Å². The van der Waals surface area contributed by atoms with Crippen LogP contribution in [0, 0.1) is 0 Å². The molecule has 0 N–H and O–H groups in total. The van der Waals surface area contributed by atoms with Crippen LogP contribution in [0.15, 0.2) is 41.7 Å². The van der Waals surface area contributed by atoms with Gasteiger partial charge in [0.1, 0.15) is 0 Å². The lowest BCUT2D eigenvalue weighted by Crippen LogP contribution is -2.29. The van der Waals surface area contributed by atoms with Crippen molar-refractivity contribution in [2.75, 3.05) is 18.8 Å². The van der Waals surface area contributed by atoms with Crippen molar-refractivity contribution in [2.45, 2.75) is 31.5 Å². The Bertz CT molecular complexity index is 633. The number of rotatable bonds is 5. The van der Waals surface area contributed by atoms with Crippen molar-refractivity contribution in [3.8, 4) is 11.3 Å². The molecular formula is C17H21N3OS. The highest BCUT2D eigenvalue weighted by atomic mass is 32.2. The molecule has 22 heavy (non-hydrogen) atoms. The average Bonchev–Trinajstić information content (AvgIpc) is 3.22. The third-order valence-electron chi connectivity index (χ3n) is 3.99. The van der Waals surface area contributed by atoms with Crippen molar-refractivity contribution in [1.29, 1.82) is 0 Å². The molecule has 0 unspecified atom stereocenters. The predicted octanol–water partition coefficient (Wildman–Crippen LogP) is 3.28. The first-order valence-corrected chi connectivity index (χ1v) is 8.79. The second-order valence-electron chi connectivity index (χ2n) is 5.41. The molecule has 3 rings (SSSR count). The maximum Gasteiger partial charge on any atom is 0.233 e. The molecule has 1 fully saturated rings. The number of benzene rings is 1. The van der Waals surface area contributed by atoms with Gasteiger partial charge in [0.15, 0.2) is 5.16 Å². The monoisotopic (exact) mass is 315 g/mol. The molecule has 0 radical (unpaired) electrons. The smallest absolute Gasteiger partial charge is 0.233 e. The summed E-state index contributed by atoms with van der Waals surface area (Å²) in [5.74, 6) is 0.708. The second kappa shape index (κ2) is 7.01. The van der Waals surface area contributed by atoms with E-state index in [1.807, 2.05) is 29.3 Å². The number of aromatic nitrogens is 2. The summed E-state index contributed by atoms with van der Waals surface area (Å²) < 4.78 is 2.18. The molecule has 1 aromatic carbocycles. The van der Waals surface area contributed by atoms with Gasteiger partial charge in [-0.2, -0.15) is 0 Å². The largest absolute Gasteiger partial charge is 0.342 e. The number of carbonyl (C=O) groups is 1. The summed E-state index contributed by atoms with van der Waals surface area (Å²) in [5.41, 5.74) is 2.27. The first kappa shape index (κ1) is 15.2. The Hall–Kier alpha value is -1.75. The molecule has 1 aliphatic rings. The normalized spacial score (nSPS) is 14.5. The SMILES string of the molecule is CCn1c(-c2ccccc2)cnc1SCC(=O)N1CCCC1. The fraction of sp³-hybridized carbons (Fsp3) is 0.412. The zero-order valence-corrected chi connectivity index (χ0v) is 13.7. The van der Waals surface area contributed by atoms with Gasteiger partial charge in [0, 0.05) is 19.6 Å². The van der Waals surface area contributed by atoms with Gasteiger partial charge in [-0.15, -0.1) is 0 Å². The third-order valence-corrected chi connectivity index (χ3v) is 4.96. The van der Waals surface area contributed by atoms with E-state index in [-0.39, 0.29) is 5.91 Å². The molecule has 2 heterocycles. The molecule has 0 aliphatic carbocycles. The lowest BCUT2D eigenvalue weighted by atomic mass is 10.2. The van der Waals surface area contributed by atoms with Crippen LogP contribution in [0.4, 0.5) is 0 Å². The Morgan fingerprint density at radius 2 is 1.95 bits per heavy atom. The minimum atomic E-state index is 0.231. The lowest BCUT2D eigenvalue weighted by Gasteiger charge is -2.15. The molecule has 0 atom stereocenters. The quantitative estimate of drug-likeness (QED) is 0.795. The lowest BCUT2D eigenvalue weighted by molar-refractivity contribution is -0.127. The molecule has 116 valence electrons. The van der Waals surface area contributed by atoms with Gasteiger partial charge < -0.3 is 9.47 Å². The third kappa shape index (κ3) is 3.19. The van der Waals surface area contributed by atoms with E-state index in [0.29, 0.717) is 5.75 Å².